The first-order chi connectivity index (χ1) is 7.57. The Labute approximate surface area is 109 Å². The first kappa shape index (κ1) is 14.8. The average Bonchev–Trinajstić information content (AvgIpc) is 2.26. The summed E-state index contributed by atoms with van der Waals surface area (Å²) in [5.74, 6) is 0. The maximum Gasteiger partial charge on any atom is 0.140 e. The lowest BCUT2D eigenvalue weighted by molar-refractivity contribution is 0.618. The van der Waals surface area contributed by atoms with Crippen molar-refractivity contribution in [2.45, 2.75) is 59.4 Å². The van der Waals surface area contributed by atoms with Crippen molar-refractivity contribution >= 4 is 21.9 Å². The minimum atomic E-state index is -1.41. The molecular formula is C14H27NSi2. The van der Waals surface area contributed by atoms with E-state index >= 15 is 0 Å². The van der Waals surface area contributed by atoms with E-state index in [9.17, 15) is 0 Å². The van der Waals surface area contributed by atoms with Gasteiger partial charge in [-0.1, -0.05) is 37.8 Å². The number of rotatable bonds is 3. The normalized spacial score (nSPS) is 25.1. The fourth-order valence-electron chi connectivity index (χ4n) is 2.89. The summed E-state index contributed by atoms with van der Waals surface area (Å²) in [5.41, 5.74) is 4.46. The molecule has 0 aromatic carbocycles. The standard InChI is InChI=1S/C14H27NSi2/c1-11-9-14(4,13(3)12(11)2)15-17(7,8)10-16(5)6/h9-10,15H,1-8H3. The number of nitrogens with one attached hydrogen (secondary N) is 1. The summed E-state index contributed by atoms with van der Waals surface area (Å²) >= 11 is 0. The Hall–Kier alpha value is -0.256. The highest BCUT2D eigenvalue weighted by Crippen LogP contribution is 2.34. The fourth-order valence-corrected chi connectivity index (χ4v) is 10.6. The van der Waals surface area contributed by atoms with Crippen molar-refractivity contribution in [1.29, 1.82) is 0 Å². The second-order valence-corrected chi connectivity index (χ2v) is 13.4. The quantitative estimate of drug-likeness (QED) is 0.770. The summed E-state index contributed by atoms with van der Waals surface area (Å²) in [6.45, 7) is 18.6. The van der Waals surface area contributed by atoms with Crippen LogP contribution < -0.4 is 4.98 Å². The number of hydrogen-bond donors (Lipinski definition) is 1. The van der Waals surface area contributed by atoms with Crippen LogP contribution >= 0.6 is 0 Å². The van der Waals surface area contributed by atoms with Crippen molar-refractivity contribution in [3.8, 4) is 0 Å². The van der Waals surface area contributed by atoms with Crippen LogP contribution in [0.3, 0.4) is 0 Å². The molecule has 1 N–H and O–H groups in total. The molecule has 1 aliphatic rings. The van der Waals surface area contributed by atoms with Gasteiger partial charge in [0.1, 0.15) is 8.24 Å². The fraction of sp³-hybridized carbons (Fsp3) is 0.643. The van der Waals surface area contributed by atoms with Gasteiger partial charge in [0.15, 0.2) is 0 Å². The first-order valence-corrected chi connectivity index (χ1v) is 12.1. The lowest BCUT2D eigenvalue weighted by Crippen LogP contribution is -2.58. The Kier molecular flexibility index (Phi) is 4.17. The van der Waals surface area contributed by atoms with Crippen LogP contribution in [0.25, 0.3) is 0 Å². The molecule has 1 nitrogen and oxygen atoms in total. The third-order valence-electron chi connectivity index (χ3n) is 3.67. The molecule has 0 radical (unpaired) electrons. The Balaban J connectivity index is 3.01. The molecule has 1 atom stereocenters. The molecule has 0 spiro atoms. The van der Waals surface area contributed by atoms with Crippen molar-refractivity contribution < 1.29 is 0 Å². The SMILES string of the molecule is CC1=CC(C)(N[Si](C)(C)C=[Si](C)C)C(C)=C1C. The molecule has 1 aliphatic carbocycles. The van der Waals surface area contributed by atoms with Crippen LogP contribution in [0.1, 0.15) is 27.7 Å². The van der Waals surface area contributed by atoms with Crippen molar-refractivity contribution in [2.75, 3.05) is 0 Å². The summed E-state index contributed by atoms with van der Waals surface area (Å²) in [6, 6.07) is 0. The van der Waals surface area contributed by atoms with Crippen LogP contribution in [-0.2, 0) is 0 Å². The van der Waals surface area contributed by atoms with E-state index in [0.717, 1.165) is 0 Å². The zero-order valence-corrected chi connectivity index (χ0v) is 14.7. The highest BCUT2D eigenvalue weighted by atomic mass is 28.4. The summed E-state index contributed by atoms with van der Waals surface area (Å²) in [7, 11) is -1.68. The van der Waals surface area contributed by atoms with Gasteiger partial charge in [-0.2, -0.15) is 0 Å². The zero-order chi connectivity index (χ0) is 13.4. The Morgan fingerprint density at radius 3 is 2.12 bits per heavy atom. The van der Waals surface area contributed by atoms with Gasteiger partial charge in [-0.25, -0.2) is 0 Å². The molecule has 3 heteroatoms. The molecule has 0 aliphatic heterocycles. The van der Waals surface area contributed by atoms with Gasteiger partial charge in [0.2, 0.25) is 0 Å². The van der Waals surface area contributed by atoms with Crippen LogP contribution in [0, 0.1) is 0 Å². The van der Waals surface area contributed by atoms with Crippen LogP contribution in [0.4, 0.5) is 0 Å². The predicted octanol–water partition coefficient (Wildman–Crippen LogP) is 3.51. The molecular weight excluding hydrogens is 238 g/mol. The summed E-state index contributed by atoms with van der Waals surface area (Å²) in [5, 5.41) is 2.62. The van der Waals surface area contributed by atoms with Crippen molar-refractivity contribution in [2.24, 2.45) is 0 Å². The molecule has 0 saturated carbocycles. The Morgan fingerprint density at radius 2 is 1.76 bits per heavy atom. The van der Waals surface area contributed by atoms with Gasteiger partial charge in [0.25, 0.3) is 0 Å². The zero-order valence-electron chi connectivity index (χ0n) is 12.7. The topological polar surface area (TPSA) is 12.0 Å². The van der Waals surface area contributed by atoms with Crippen molar-refractivity contribution in [3.63, 3.8) is 0 Å². The van der Waals surface area contributed by atoms with Crippen molar-refractivity contribution in [1.82, 2.24) is 4.98 Å². The van der Waals surface area contributed by atoms with Crippen LogP contribution in [0.5, 0.6) is 0 Å². The van der Waals surface area contributed by atoms with Crippen LogP contribution in [0.15, 0.2) is 22.8 Å². The van der Waals surface area contributed by atoms with E-state index in [2.05, 4.69) is 70.2 Å². The molecule has 0 aromatic heterocycles. The largest absolute Gasteiger partial charge is 0.323 e. The van der Waals surface area contributed by atoms with Gasteiger partial charge >= 0.3 is 0 Å². The molecule has 17 heavy (non-hydrogen) atoms. The smallest absolute Gasteiger partial charge is 0.140 e. The minimum Gasteiger partial charge on any atom is -0.323 e. The van der Waals surface area contributed by atoms with Gasteiger partial charge in [-0.15, -0.1) is 5.30 Å². The third-order valence-corrected chi connectivity index (χ3v) is 10.0. The predicted molar refractivity (Wildman–Crippen MR) is 84.7 cm³/mol. The first-order valence-electron chi connectivity index (χ1n) is 6.40. The van der Waals surface area contributed by atoms with E-state index in [-0.39, 0.29) is 13.9 Å². The average molecular weight is 266 g/mol. The summed E-state index contributed by atoms with van der Waals surface area (Å²) in [4.78, 5) is 3.95. The Morgan fingerprint density at radius 1 is 1.24 bits per heavy atom. The number of allylic oxidation sites excluding steroid dienone is 2. The van der Waals surface area contributed by atoms with E-state index in [1.165, 1.54) is 16.7 Å². The molecule has 0 aromatic rings. The van der Waals surface area contributed by atoms with Crippen LogP contribution in [0.2, 0.25) is 26.2 Å². The molecule has 0 saturated heterocycles. The monoisotopic (exact) mass is 265 g/mol. The molecule has 0 bridgehead atoms. The van der Waals surface area contributed by atoms with Gasteiger partial charge in [0, 0.05) is 0 Å². The van der Waals surface area contributed by atoms with Gasteiger partial charge in [-0.3, -0.25) is 0 Å². The molecule has 0 heterocycles. The molecule has 96 valence electrons. The van der Waals surface area contributed by atoms with Crippen molar-refractivity contribution in [3.05, 3.63) is 22.8 Å². The summed E-state index contributed by atoms with van der Waals surface area (Å²) in [6.07, 6.45) is 2.40. The number of hydrogen-bond acceptors (Lipinski definition) is 1. The highest BCUT2D eigenvalue weighted by molar-refractivity contribution is 7.09. The third kappa shape index (κ3) is 3.36. The molecule has 0 fully saturated rings. The highest BCUT2D eigenvalue weighted by Gasteiger charge is 2.35. The maximum atomic E-state index is 3.95. The van der Waals surface area contributed by atoms with E-state index in [1.807, 2.05) is 0 Å². The van der Waals surface area contributed by atoms with E-state index in [1.54, 1.807) is 0 Å². The second-order valence-electron chi connectivity index (χ2n) is 6.35. The molecule has 0 amide bonds. The summed E-state index contributed by atoms with van der Waals surface area (Å²) < 4.78 is 0. The van der Waals surface area contributed by atoms with Crippen LogP contribution in [-0.4, -0.2) is 27.5 Å². The lowest BCUT2D eigenvalue weighted by atomic mass is 9.97. The molecule has 1 unspecified atom stereocenters. The second kappa shape index (κ2) is 4.78. The lowest BCUT2D eigenvalue weighted by Gasteiger charge is -2.35. The Bertz CT molecular complexity index is 412. The van der Waals surface area contributed by atoms with E-state index < -0.39 is 8.24 Å². The van der Waals surface area contributed by atoms with Gasteiger partial charge in [0.05, 0.1) is 5.54 Å². The van der Waals surface area contributed by atoms with Gasteiger partial charge in [-0.05, 0) is 47.3 Å². The minimum absolute atomic E-state index is 0.0811. The van der Waals surface area contributed by atoms with E-state index in [0.29, 0.717) is 0 Å². The maximum absolute atomic E-state index is 3.95. The van der Waals surface area contributed by atoms with E-state index in [4.69, 9.17) is 0 Å². The van der Waals surface area contributed by atoms with Gasteiger partial charge < -0.3 is 4.98 Å². The molecule has 1 rings (SSSR count).